The van der Waals surface area contributed by atoms with Gasteiger partial charge in [0.15, 0.2) is 0 Å². The number of pyridine rings is 1. The van der Waals surface area contributed by atoms with E-state index in [4.69, 9.17) is 11.6 Å². The Hall–Kier alpha value is -1.45. The van der Waals surface area contributed by atoms with Crippen molar-refractivity contribution in [1.82, 2.24) is 10.3 Å². The fraction of sp³-hybridized carbons (Fsp3) is 0.214. The lowest BCUT2D eigenvalue weighted by molar-refractivity contribution is 0.569. The molecule has 0 bridgehead atoms. The zero-order chi connectivity index (χ0) is 13.0. The van der Waals surface area contributed by atoms with Crippen molar-refractivity contribution in [3.05, 3.63) is 64.7 Å². The molecule has 18 heavy (non-hydrogen) atoms. The molecule has 0 unspecified atom stereocenters. The van der Waals surface area contributed by atoms with E-state index in [9.17, 15) is 4.39 Å². The molecule has 1 atom stereocenters. The Morgan fingerprint density at radius 3 is 2.72 bits per heavy atom. The lowest BCUT2D eigenvalue weighted by atomic mass is 10.1. The second-order valence-corrected chi connectivity index (χ2v) is 4.47. The summed E-state index contributed by atoms with van der Waals surface area (Å²) in [6.45, 7) is 2.57. The van der Waals surface area contributed by atoms with Gasteiger partial charge in [-0.15, -0.1) is 0 Å². The lowest BCUT2D eigenvalue weighted by Crippen LogP contribution is -2.18. The normalized spacial score (nSPS) is 12.4. The van der Waals surface area contributed by atoms with Gasteiger partial charge in [-0.25, -0.2) is 4.39 Å². The van der Waals surface area contributed by atoms with Crippen molar-refractivity contribution < 1.29 is 4.39 Å². The third kappa shape index (κ3) is 3.06. The van der Waals surface area contributed by atoms with Crippen molar-refractivity contribution in [2.75, 3.05) is 0 Å². The van der Waals surface area contributed by atoms with Gasteiger partial charge < -0.3 is 5.32 Å². The van der Waals surface area contributed by atoms with Gasteiger partial charge in [0.1, 0.15) is 5.82 Å². The van der Waals surface area contributed by atoms with Crippen LogP contribution in [0.25, 0.3) is 0 Å². The second kappa shape index (κ2) is 5.94. The fourth-order valence-electron chi connectivity index (χ4n) is 1.72. The summed E-state index contributed by atoms with van der Waals surface area (Å²) in [5.74, 6) is -0.382. The summed E-state index contributed by atoms with van der Waals surface area (Å²) in [5.41, 5.74) is 1.90. The average molecular weight is 265 g/mol. The first-order chi connectivity index (χ1) is 8.68. The molecule has 4 heteroatoms. The van der Waals surface area contributed by atoms with Crippen LogP contribution in [0.3, 0.4) is 0 Å². The lowest BCUT2D eigenvalue weighted by Gasteiger charge is -2.14. The standard InChI is InChI=1S/C14H14ClFN2/c1-10(11-5-7-17-8-6-11)18-9-12-3-2-4-13(16)14(12)15/h2-8,10,18H,9H2,1H3/t10-/m0/s1. The van der Waals surface area contributed by atoms with Crippen LogP contribution in [0.4, 0.5) is 4.39 Å². The summed E-state index contributed by atoms with van der Waals surface area (Å²) < 4.78 is 13.3. The molecule has 0 aliphatic heterocycles. The summed E-state index contributed by atoms with van der Waals surface area (Å²) in [4.78, 5) is 3.97. The molecule has 0 saturated carbocycles. The quantitative estimate of drug-likeness (QED) is 0.910. The van der Waals surface area contributed by atoms with Gasteiger partial charge in [0.2, 0.25) is 0 Å². The molecule has 2 aromatic rings. The first-order valence-corrected chi connectivity index (χ1v) is 6.12. The van der Waals surface area contributed by atoms with E-state index in [-0.39, 0.29) is 16.9 Å². The molecular weight excluding hydrogens is 251 g/mol. The molecule has 0 spiro atoms. The minimum Gasteiger partial charge on any atom is -0.306 e. The predicted molar refractivity (Wildman–Crippen MR) is 70.9 cm³/mol. The highest BCUT2D eigenvalue weighted by atomic mass is 35.5. The van der Waals surface area contributed by atoms with Crippen LogP contribution >= 0.6 is 11.6 Å². The van der Waals surface area contributed by atoms with Crippen LogP contribution in [-0.4, -0.2) is 4.98 Å². The van der Waals surface area contributed by atoms with E-state index < -0.39 is 0 Å². The Kier molecular flexibility index (Phi) is 4.28. The van der Waals surface area contributed by atoms with Gasteiger partial charge >= 0.3 is 0 Å². The Labute approximate surface area is 111 Å². The molecular formula is C14H14ClFN2. The Morgan fingerprint density at radius 2 is 2.00 bits per heavy atom. The Bertz CT molecular complexity index is 516. The van der Waals surface area contributed by atoms with Crippen LogP contribution in [0.2, 0.25) is 5.02 Å². The molecule has 1 aromatic heterocycles. The summed E-state index contributed by atoms with van der Waals surface area (Å²) in [6, 6.07) is 8.90. The van der Waals surface area contributed by atoms with E-state index >= 15 is 0 Å². The number of benzene rings is 1. The predicted octanol–water partition coefficient (Wildman–Crippen LogP) is 3.72. The topological polar surface area (TPSA) is 24.9 Å². The summed E-state index contributed by atoms with van der Waals surface area (Å²) in [7, 11) is 0. The highest BCUT2D eigenvalue weighted by Gasteiger charge is 2.08. The minimum absolute atomic E-state index is 0.160. The molecule has 0 fully saturated rings. The first-order valence-electron chi connectivity index (χ1n) is 5.74. The van der Waals surface area contributed by atoms with E-state index in [1.54, 1.807) is 18.5 Å². The van der Waals surface area contributed by atoms with Crippen molar-refractivity contribution >= 4 is 11.6 Å². The summed E-state index contributed by atoms with van der Waals surface area (Å²) >= 11 is 5.90. The minimum atomic E-state index is -0.382. The van der Waals surface area contributed by atoms with E-state index in [2.05, 4.69) is 10.3 Å². The van der Waals surface area contributed by atoms with Crippen molar-refractivity contribution in [3.8, 4) is 0 Å². The smallest absolute Gasteiger partial charge is 0.142 e. The molecule has 1 heterocycles. The van der Waals surface area contributed by atoms with Crippen molar-refractivity contribution in [3.63, 3.8) is 0 Å². The molecule has 0 saturated heterocycles. The molecule has 2 nitrogen and oxygen atoms in total. The first kappa shape index (κ1) is 13.0. The number of hydrogen-bond donors (Lipinski definition) is 1. The largest absolute Gasteiger partial charge is 0.306 e. The maximum absolute atomic E-state index is 13.3. The van der Waals surface area contributed by atoms with Crippen LogP contribution in [0.5, 0.6) is 0 Å². The fourth-order valence-corrected chi connectivity index (χ4v) is 1.91. The van der Waals surface area contributed by atoms with E-state index in [1.807, 2.05) is 25.1 Å². The second-order valence-electron chi connectivity index (χ2n) is 4.10. The van der Waals surface area contributed by atoms with Gasteiger partial charge in [-0.3, -0.25) is 4.98 Å². The van der Waals surface area contributed by atoms with Gasteiger partial charge in [0.05, 0.1) is 5.02 Å². The van der Waals surface area contributed by atoms with Crippen LogP contribution < -0.4 is 5.32 Å². The van der Waals surface area contributed by atoms with Crippen molar-refractivity contribution in [2.24, 2.45) is 0 Å². The summed E-state index contributed by atoms with van der Waals surface area (Å²) in [6.07, 6.45) is 3.51. The highest BCUT2D eigenvalue weighted by molar-refractivity contribution is 6.31. The van der Waals surface area contributed by atoms with Crippen LogP contribution in [0.15, 0.2) is 42.7 Å². The van der Waals surface area contributed by atoms with Crippen molar-refractivity contribution in [1.29, 1.82) is 0 Å². The molecule has 0 amide bonds. The summed E-state index contributed by atoms with van der Waals surface area (Å²) in [5, 5.41) is 3.49. The molecule has 0 aliphatic carbocycles. The van der Waals surface area contributed by atoms with E-state index in [1.165, 1.54) is 6.07 Å². The average Bonchev–Trinajstić information content (AvgIpc) is 2.41. The Morgan fingerprint density at radius 1 is 1.28 bits per heavy atom. The number of nitrogens with zero attached hydrogens (tertiary/aromatic N) is 1. The van der Waals surface area contributed by atoms with Crippen LogP contribution in [0.1, 0.15) is 24.1 Å². The maximum atomic E-state index is 13.3. The van der Waals surface area contributed by atoms with E-state index in [0.717, 1.165) is 11.1 Å². The van der Waals surface area contributed by atoms with E-state index in [0.29, 0.717) is 6.54 Å². The number of halogens is 2. The highest BCUT2D eigenvalue weighted by Crippen LogP contribution is 2.20. The van der Waals surface area contributed by atoms with Crippen LogP contribution in [0, 0.1) is 5.82 Å². The number of aromatic nitrogens is 1. The molecule has 0 radical (unpaired) electrons. The SMILES string of the molecule is C[C@H](NCc1cccc(F)c1Cl)c1ccncc1. The molecule has 94 valence electrons. The number of rotatable bonds is 4. The number of nitrogens with one attached hydrogen (secondary N) is 1. The zero-order valence-electron chi connectivity index (χ0n) is 10.0. The molecule has 1 aromatic carbocycles. The maximum Gasteiger partial charge on any atom is 0.142 e. The van der Waals surface area contributed by atoms with Crippen molar-refractivity contribution in [2.45, 2.75) is 19.5 Å². The third-order valence-electron chi connectivity index (χ3n) is 2.84. The van der Waals surface area contributed by atoms with Crippen LogP contribution in [-0.2, 0) is 6.54 Å². The van der Waals surface area contributed by atoms with Gasteiger partial charge in [-0.1, -0.05) is 23.7 Å². The monoisotopic (exact) mass is 264 g/mol. The Balaban J connectivity index is 2.02. The van der Waals surface area contributed by atoms with Gasteiger partial charge in [0, 0.05) is 25.0 Å². The molecule has 1 N–H and O–H groups in total. The number of hydrogen-bond acceptors (Lipinski definition) is 2. The molecule has 0 aliphatic rings. The zero-order valence-corrected chi connectivity index (χ0v) is 10.8. The molecule has 2 rings (SSSR count). The third-order valence-corrected chi connectivity index (χ3v) is 3.26. The van der Waals surface area contributed by atoms with Gasteiger partial charge in [-0.2, -0.15) is 0 Å². The van der Waals surface area contributed by atoms with Gasteiger partial charge in [0.25, 0.3) is 0 Å². The van der Waals surface area contributed by atoms with Gasteiger partial charge in [-0.05, 0) is 36.2 Å².